The smallest absolute Gasteiger partial charge is 0.220 e. The van der Waals surface area contributed by atoms with Crippen LogP contribution in [-0.2, 0) is 9.53 Å². The predicted molar refractivity (Wildman–Crippen MR) is 85.8 cm³/mol. The van der Waals surface area contributed by atoms with Crippen molar-refractivity contribution in [2.75, 3.05) is 13.2 Å². The number of hydrogen-bond acceptors (Lipinski definition) is 2. The van der Waals surface area contributed by atoms with Crippen LogP contribution in [0, 0.1) is 11.8 Å². The van der Waals surface area contributed by atoms with Crippen LogP contribution in [0.4, 0.5) is 0 Å². The van der Waals surface area contributed by atoms with Gasteiger partial charge in [-0.3, -0.25) is 4.79 Å². The molecule has 0 atom stereocenters. The van der Waals surface area contributed by atoms with E-state index in [2.05, 4.69) is 46.9 Å². The van der Waals surface area contributed by atoms with Crippen molar-refractivity contribution < 1.29 is 9.53 Å². The molecular formula is C17H35NO2. The van der Waals surface area contributed by atoms with E-state index < -0.39 is 0 Å². The van der Waals surface area contributed by atoms with Crippen LogP contribution in [0.2, 0.25) is 0 Å². The highest BCUT2D eigenvalue weighted by atomic mass is 16.5. The van der Waals surface area contributed by atoms with Crippen molar-refractivity contribution in [3.05, 3.63) is 0 Å². The van der Waals surface area contributed by atoms with E-state index >= 15 is 0 Å². The third-order valence-electron chi connectivity index (χ3n) is 3.42. The first-order valence-corrected chi connectivity index (χ1v) is 8.13. The number of nitrogens with one attached hydrogen (secondary N) is 1. The average Bonchev–Trinajstić information content (AvgIpc) is 2.31. The van der Waals surface area contributed by atoms with Gasteiger partial charge < -0.3 is 10.1 Å². The minimum Gasteiger partial charge on any atom is -0.376 e. The van der Waals surface area contributed by atoms with E-state index in [0.717, 1.165) is 32.4 Å². The molecule has 0 aliphatic heterocycles. The number of hydrogen-bond donors (Lipinski definition) is 1. The van der Waals surface area contributed by atoms with Gasteiger partial charge in [-0.2, -0.15) is 0 Å². The Morgan fingerprint density at radius 3 is 2.25 bits per heavy atom. The molecule has 0 aliphatic rings. The van der Waals surface area contributed by atoms with E-state index in [-0.39, 0.29) is 11.5 Å². The quantitative estimate of drug-likeness (QED) is 0.579. The molecule has 0 heterocycles. The molecule has 0 aromatic heterocycles. The first-order chi connectivity index (χ1) is 9.23. The molecule has 0 rings (SSSR count). The summed E-state index contributed by atoms with van der Waals surface area (Å²) < 4.78 is 5.87. The van der Waals surface area contributed by atoms with Crippen LogP contribution in [0.3, 0.4) is 0 Å². The SMILES string of the molecule is CC(C)CCCNC(=O)CCC(C)(C)OCCC(C)C. The molecule has 0 aromatic rings. The van der Waals surface area contributed by atoms with Crippen molar-refractivity contribution in [3.8, 4) is 0 Å². The number of amides is 1. The van der Waals surface area contributed by atoms with Crippen molar-refractivity contribution in [2.24, 2.45) is 11.8 Å². The summed E-state index contributed by atoms with van der Waals surface area (Å²) in [5.74, 6) is 1.52. The molecule has 0 spiro atoms. The minimum atomic E-state index is -0.204. The zero-order valence-corrected chi connectivity index (χ0v) is 14.4. The van der Waals surface area contributed by atoms with Gasteiger partial charge in [-0.05, 0) is 51.4 Å². The summed E-state index contributed by atoms with van der Waals surface area (Å²) in [6, 6.07) is 0. The summed E-state index contributed by atoms with van der Waals surface area (Å²) in [6.45, 7) is 14.5. The summed E-state index contributed by atoms with van der Waals surface area (Å²) in [6.07, 6.45) is 4.64. The second kappa shape index (κ2) is 10.2. The molecule has 1 N–H and O–H groups in total. The van der Waals surface area contributed by atoms with E-state index in [1.807, 2.05) is 0 Å². The number of carbonyl (C=O) groups excluding carboxylic acids is 1. The molecule has 3 nitrogen and oxygen atoms in total. The first-order valence-electron chi connectivity index (χ1n) is 8.13. The Balaban J connectivity index is 3.70. The standard InChI is InChI=1S/C17H35NO2/c1-14(2)8-7-12-18-16(19)9-11-17(5,6)20-13-10-15(3)4/h14-15H,7-13H2,1-6H3,(H,18,19). The molecule has 1 amide bonds. The maximum atomic E-state index is 11.7. The normalized spacial score (nSPS) is 12.2. The van der Waals surface area contributed by atoms with Crippen molar-refractivity contribution in [1.82, 2.24) is 5.32 Å². The molecule has 0 bridgehead atoms. The lowest BCUT2D eigenvalue weighted by Crippen LogP contribution is -2.30. The fourth-order valence-corrected chi connectivity index (χ4v) is 1.88. The molecule has 20 heavy (non-hydrogen) atoms. The van der Waals surface area contributed by atoms with Gasteiger partial charge in [-0.15, -0.1) is 0 Å². The highest BCUT2D eigenvalue weighted by molar-refractivity contribution is 5.75. The monoisotopic (exact) mass is 285 g/mol. The van der Waals surface area contributed by atoms with Crippen LogP contribution in [0.25, 0.3) is 0 Å². The van der Waals surface area contributed by atoms with Crippen LogP contribution >= 0.6 is 0 Å². The van der Waals surface area contributed by atoms with Crippen LogP contribution in [0.15, 0.2) is 0 Å². The van der Waals surface area contributed by atoms with E-state index in [1.54, 1.807) is 0 Å². The Hall–Kier alpha value is -0.570. The van der Waals surface area contributed by atoms with Crippen molar-refractivity contribution in [2.45, 2.75) is 79.2 Å². The summed E-state index contributed by atoms with van der Waals surface area (Å²) in [5.41, 5.74) is -0.204. The third-order valence-corrected chi connectivity index (χ3v) is 3.42. The number of rotatable bonds is 11. The molecule has 0 unspecified atom stereocenters. The van der Waals surface area contributed by atoms with Crippen LogP contribution in [-0.4, -0.2) is 24.7 Å². The van der Waals surface area contributed by atoms with E-state index in [0.29, 0.717) is 18.3 Å². The zero-order chi connectivity index (χ0) is 15.6. The van der Waals surface area contributed by atoms with Crippen molar-refractivity contribution >= 4 is 5.91 Å². The highest BCUT2D eigenvalue weighted by Gasteiger charge is 2.19. The fourth-order valence-electron chi connectivity index (χ4n) is 1.88. The average molecular weight is 285 g/mol. The third kappa shape index (κ3) is 12.5. The molecule has 0 radical (unpaired) electrons. The van der Waals surface area contributed by atoms with Gasteiger partial charge in [0.2, 0.25) is 5.91 Å². The molecule has 0 fully saturated rings. The maximum absolute atomic E-state index is 11.7. The topological polar surface area (TPSA) is 38.3 Å². The van der Waals surface area contributed by atoms with E-state index in [1.165, 1.54) is 6.42 Å². The van der Waals surface area contributed by atoms with Crippen molar-refractivity contribution in [1.29, 1.82) is 0 Å². The first kappa shape index (κ1) is 19.4. The molecule has 0 saturated heterocycles. The van der Waals surface area contributed by atoms with Crippen molar-refractivity contribution in [3.63, 3.8) is 0 Å². The van der Waals surface area contributed by atoms with Crippen LogP contribution in [0.5, 0.6) is 0 Å². The summed E-state index contributed by atoms with van der Waals surface area (Å²) in [5, 5.41) is 2.99. The molecule has 0 aromatic carbocycles. The Kier molecular flexibility index (Phi) is 9.91. The molecule has 0 aliphatic carbocycles. The highest BCUT2D eigenvalue weighted by Crippen LogP contribution is 2.17. The van der Waals surface area contributed by atoms with Crippen LogP contribution < -0.4 is 5.32 Å². The van der Waals surface area contributed by atoms with Gasteiger partial charge in [0.25, 0.3) is 0 Å². The molecule has 0 saturated carbocycles. The second-order valence-electron chi connectivity index (χ2n) is 7.18. The number of carbonyl (C=O) groups is 1. The number of ether oxygens (including phenoxy) is 1. The second-order valence-corrected chi connectivity index (χ2v) is 7.18. The van der Waals surface area contributed by atoms with Gasteiger partial charge in [0, 0.05) is 19.6 Å². The summed E-state index contributed by atoms with van der Waals surface area (Å²) in [7, 11) is 0. The van der Waals surface area contributed by atoms with Gasteiger partial charge in [0.1, 0.15) is 0 Å². The predicted octanol–water partition coefficient (Wildman–Crippen LogP) is 4.16. The maximum Gasteiger partial charge on any atom is 0.220 e. The van der Waals surface area contributed by atoms with Gasteiger partial charge in [0.05, 0.1) is 5.60 Å². The zero-order valence-electron chi connectivity index (χ0n) is 14.4. The largest absolute Gasteiger partial charge is 0.376 e. The minimum absolute atomic E-state index is 0.147. The van der Waals surface area contributed by atoms with E-state index in [4.69, 9.17) is 4.74 Å². The summed E-state index contributed by atoms with van der Waals surface area (Å²) in [4.78, 5) is 11.7. The Bertz CT molecular complexity index is 260. The van der Waals surface area contributed by atoms with Gasteiger partial charge in [0.15, 0.2) is 0 Å². The molecule has 120 valence electrons. The lowest BCUT2D eigenvalue weighted by atomic mass is 10.0. The van der Waals surface area contributed by atoms with Gasteiger partial charge in [-0.1, -0.05) is 27.7 Å². The van der Waals surface area contributed by atoms with E-state index in [9.17, 15) is 4.79 Å². The van der Waals surface area contributed by atoms with Gasteiger partial charge in [-0.25, -0.2) is 0 Å². The fraction of sp³-hybridized carbons (Fsp3) is 0.941. The van der Waals surface area contributed by atoms with Gasteiger partial charge >= 0.3 is 0 Å². The Morgan fingerprint density at radius 1 is 1.10 bits per heavy atom. The lowest BCUT2D eigenvalue weighted by Gasteiger charge is -2.25. The lowest BCUT2D eigenvalue weighted by molar-refractivity contribution is -0.123. The molecular weight excluding hydrogens is 250 g/mol. The van der Waals surface area contributed by atoms with Crippen LogP contribution in [0.1, 0.15) is 73.6 Å². The molecule has 3 heteroatoms. The summed E-state index contributed by atoms with van der Waals surface area (Å²) >= 11 is 0. The Morgan fingerprint density at radius 2 is 1.70 bits per heavy atom. The Labute approximate surface area is 125 Å².